The molecule has 0 aromatic carbocycles. The molecule has 0 fully saturated rings. The van der Waals surface area contributed by atoms with Crippen LogP contribution in [0.3, 0.4) is 0 Å². The first-order valence-electron chi connectivity index (χ1n) is 29.5. The van der Waals surface area contributed by atoms with E-state index < -0.39 is 31.2 Å². The van der Waals surface area contributed by atoms with Crippen LogP contribution in [-0.4, -0.2) is 90.5 Å². The molecule has 430 valence electrons. The number of aliphatic hydroxyl groups excluding tert-OH is 1. The normalized spacial score (nSPS) is 15.3. The predicted molar refractivity (Wildman–Crippen MR) is 304 cm³/mol. The van der Waals surface area contributed by atoms with Crippen molar-refractivity contribution < 1.29 is 47.7 Å². The van der Waals surface area contributed by atoms with Gasteiger partial charge in [-0.3, -0.25) is 23.7 Å². The van der Waals surface area contributed by atoms with Gasteiger partial charge < -0.3 is 28.9 Å². The quantitative estimate of drug-likeness (QED) is 0.0194. The molecule has 74 heavy (non-hydrogen) atoms. The van der Waals surface area contributed by atoms with Gasteiger partial charge >= 0.3 is 19.5 Å². The van der Waals surface area contributed by atoms with E-state index in [0.29, 0.717) is 19.6 Å². The van der Waals surface area contributed by atoms with Gasteiger partial charge in [0.25, 0.3) is 5.78 Å². The number of esters is 2. The Kier molecular flexibility index (Phi) is 43.9. The molecule has 0 bridgehead atoms. The highest BCUT2D eigenvalue weighted by molar-refractivity contribution is 7.51. The van der Waals surface area contributed by atoms with Gasteiger partial charge in [-0.25, -0.2) is 4.99 Å². The molecule has 2 aliphatic rings. The number of carbonyl (C=O) groups excluding carboxylic acids is 4. The molecule has 0 aromatic rings. The van der Waals surface area contributed by atoms with Gasteiger partial charge in [0.15, 0.2) is 18.5 Å². The zero-order chi connectivity index (χ0) is 55.4. The fraction of sp³-hybridized carbons (Fsp3) is 0.847. The van der Waals surface area contributed by atoms with Crippen LogP contribution in [0, 0.1) is 17.8 Å². The Morgan fingerprint density at radius 1 is 0.649 bits per heavy atom. The summed E-state index contributed by atoms with van der Waals surface area (Å²) < 4.78 is 26.8. The average molecular weight is 1070 g/mol. The van der Waals surface area contributed by atoms with Crippen LogP contribution >= 0.6 is 7.60 Å². The molecule has 2 rings (SSSR count). The first-order chi connectivity index (χ1) is 35.4. The van der Waals surface area contributed by atoms with Crippen LogP contribution in [0.1, 0.15) is 260 Å². The van der Waals surface area contributed by atoms with Gasteiger partial charge in [0.05, 0.1) is 12.2 Å². The van der Waals surface area contributed by atoms with Crippen LogP contribution in [0.15, 0.2) is 38.8 Å². The third-order valence-electron chi connectivity index (χ3n) is 13.6. The van der Waals surface area contributed by atoms with Gasteiger partial charge in [-0.15, -0.1) is 5.11 Å². The number of amidine groups is 1. The number of azo groups is 1. The van der Waals surface area contributed by atoms with Crippen molar-refractivity contribution in [3.8, 4) is 0 Å². The number of hydrogen-bond acceptors (Lipinski definition) is 13. The van der Waals surface area contributed by atoms with Crippen LogP contribution in [0.2, 0.25) is 0 Å². The number of ketones is 2. The summed E-state index contributed by atoms with van der Waals surface area (Å²) in [5.74, 6) is 1.16. The number of rotatable bonds is 44. The molecule has 4 unspecified atom stereocenters. The summed E-state index contributed by atoms with van der Waals surface area (Å²) in [6.45, 7) is 21.3. The Balaban J connectivity index is 0.00000111. The van der Waals surface area contributed by atoms with E-state index in [1.54, 1.807) is 11.9 Å². The second-order valence-corrected chi connectivity index (χ2v) is 23.5. The highest BCUT2D eigenvalue weighted by atomic mass is 31.2. The molecular weight excluding hydrogens is 956 g/mol. The van der Waals surface area contributed by atoms with Crippen LogP contribution < -0.4 is 0 Å². The Morgan fingerprint density at radius 2 is 1.11 bits per heavy atom. The Hall–Kier alpha value is -3.22. The van der Waals surface area contributed by atoms with E-state index >= 15 is 0 Å². The smallest absolute Gasteiger partial charge is 0.325 e. The van der Waals surface area contributed by atoms with Crippen LogP contribution in [0.25, 0.3) is 0 Å². The molecule has 0 radical (unpaired) electrons. The van der Waals surface area contributed by atoms with Gasteiger partial charge in [-0.2, -0.15) is 5.11 Å². The van der Waals surface area contributed by atoms with Crippen molar-refractivity contribution in [3.05, 3.63) is 23.6 Å². The lowest BCUT2D eigenvalue weighted by molar-refractivity contribution is -0.161. The maximum Gasteiger partial charge on any atom is 0.325 e. The summed E-state index contributed by atoms with van der Waals surface area (Å²) in [4.78, 5) is 62.6. The fourth-order valence-corrected chi connectivity index (χ4v) is 9.21. The Labute approximate surface area is 451 Å². The molecule has 4 atom stereocenters. The minimum atomic E-state index is -3.71. The minimum absolute atomic E-state index is 0.0834. The van der Waals surface area contributed by atoms with E-state index in [1.807, 2.05) is 0 Å². The number of likely N-dealkylation sites (N-methyl/N-ethyl adjacent to an activating group) is 1. The second kappa shape index (κ2) is 45.9. The number of ether oxygens (including phenoxy) is 2. The van der Waals surface area contributed by atoms with Crippen molar-refractivity contribution in [1.82, 2.24) is 4.90 Å². The standard InChI is InChI=1S/C23H45O7P.C19H31NO3.C17H33N3/c1-4-6-8-10-12-14-16-18-23(25)30-21(20-29-31(3,26)27)19-28-22(24)17-15-13-11-9-7-5-2;1-4-5-6-7-8-9-10-11-12-13-14-20(3)16-17(21)15(2)18(22)19(16)23;1-14(2)7-5-8-15(3)9-6-10-16(4)11-12-17-18-13-19-20-17/h21H,4-20H2,1-3H3,(H,26,27);21H,2,4-14H2,1,3H3;14-16H,5-13H2,1-4H3. The van der Waals surface area contributed by atoms with E-state index in [-0.39, 0.29) is 42.6 Å². The number of aliphatic imine (C=N–C) groups is 1. The molecule has 2 N–H and O–H groups in total. The zero-order valence-electron chi connectivity index (χ0n) is 48.6. The molecule has 15 heteroatoms. The summed E-state index contributed by atoms with van der Waals surface area (Å²) >= 11 is 0. The number of hydrogen-bond donors (Lipinski definition) is 2. The van der Waals surface area contributed by atoms with Crippen LogP contribution in [0.5, 0.6) is 0 Å². The lowest BCUT2D eigenvalue weighted by atomic mass is 9.92. The molecule has 0 saturated heterocycles. The highest BCUT2D eigenvalue weighted by Crippen LogP contribution is 2.36. The molecule has 0 saturated carbocycles. The van der Waals surface area contributed by atoms with Crippen molar-refractivity contribution >= 4 is 36.9 Å². The third kappa shape index (κ3) is 40.1. The number of nitrogens with zero attached hydrogens (tertiary/aromatic N) is 4. The van der Waals surface area contributed by atoms with Gasteiger partial charge in [-0.1, -0.05) is 222 Å². The SMILES string of the molecule is C=C1C(=O)C(=O)C(N(C)CCCCCCCCCCCC)=C1O.CC(C)CCCC(C)CCCC(C)CCC1=NCN=N1.CCCCCCCCCC(=O)OC(COC(=O)CCCCCCCC)COP(C)(=O)O. The zero-order valence-corrected chi connectivity index (χ0v) is 49.5. The van der Waals surface area contributed by atoms with Crippen molar-refractivity contribution in [2.75, 3.05) is 40.1 Å². The second-order valence-electron chi connectivity index (χ2n) is 21.7. The monoisotopic (exact) mass is 1060 g/mol. The topological polar surface area (TPSA) is 194 Å². The van der Waals surface area contributed by atoms with Gasteiger partial charge in [0.1, 0.15) is 18.1 Å². The first-order valence-corrected chi connectivity index (χ1v) is 31.5. The number of allylic oxidation sites excluding steroid dienone is 2. The fourth-order valence-electron chi connectivity index (χ4n) is 8.76. The first kappa shape index (κ1) is 70.8. The van der Waals surface area contributed by atoms with E-state index in [0.717, 1.165) is 88.0 Å². The maximum atomic E-state index is 12.1. The number of unbranched alkanes of at least 4 members (excludes halogenated alkanes) is 20. The number of aliphatic hydroxyl groups is 1. The Morgan fingerprint density at radius 3 is 1.55 bits per heavy atom. The number of carbonyl (C=O) groups is 4. The minimum Gasteiger partial charge on any atom is -0.505 e. The number of Topliss-reactive ketones (excluding diaryl/α,β-unsaturated/α-hetero) is 2. The molecular formula is C59H109N4O10P. The maximum absolute atomic E-state index is 12.1. The van der Waals surface area contributed by atoms with Gasteiger partial charge in [0, 0.05) is 39.5 Å². The Bertz CT molecular complexity index is 1660. The van der Waals surface area contributed by atoms with Gasteiger partial charge in [0.2, 0.25) is 5.78 Å². The summed E-state index contributed by atoms with van der Waals surface area (Å²) in [7, 11) is -1.97. The molecule has 14 nitrogen and oxygen atoms in total. The van der Waals surface area contributed by atoms with Gasteiger partial charge in [-0.05, 0) is 43.4 Å². The molecule has 1 aliphatic heterocycles. The summed E-state index contributed by atoms with van der Waals surface area (Å²) in [5, 5.41) is 17.8. The molecule has 0 spiro atoms. The van der Waals surface area contributed by atoms with E-state index in [1.165, 1.54) is 141 Å². The van der Waals surface area contributed by atoms with Crippen molar-refractivity contribution in [3.63, 3.8) is 0 Å². The molecule has 1 heterocycles. The predicted octanol–water partition coefficient (Wildman–Crippen LogP) is 16.3. The van der Waals surface area contributed by atoms with E-state index in [2.05, 4.69) is 70.3 Å². The lowest BCUT2D eigenvalue weighted by Crippen LogP contribution is -2.29. The van der Waals surface area contributed by atoms with Crippen molar-refractivity contribution in [2.24, 2.45) is 33.0 Å². The molecule has 1 aliphatic carbocycles. The van der Waals surface area contributed by atoms with Crippen molar-refractivity contribution in [1.29, 1.82) is 0 Å². The summed E-state index contributed by atoms with van der Waals surface area (Å²) in [6.07, 6.45) is 36.8. The summed E-state index contributed by atoms with van der Waals surface area (Å²) in [6, 6.07) is 0. The van der Waals surface area contributed by atoms with Crippen molar-refractivity contribution in [2.45, 2.75) is 266 Å². The van der Waals surface area contributed by atoms with Crippen LogP contribution in [-0.2, 0) is 37.7 Å². The van der Waals surface area contributed by atoms with E-state index in [9.17, 15) is 33.7 Å². The lowest BCUT2D eigenvalue weighted by Gasteiger charge is -2.19. The third-order valence-corrected chi connectivity index (χ3v) is 14.2. The van der Waals surface area contributed by atoms with E-state index in [4.69, 9.17) is 14.0 Å². The average Bonchev–Trinajstić information content (AvgIpc) is 3.95. The summed E-state index contributed by atoms with van der Waals surface area (Å²) in [5.41, 5.74) is 0.0239. The largest absolute Gasteiger partial charge is 0.505 e. The van der Waals surface area contributed by atoms with Crippen LogP contribution in [0.4, 0.5) is 0 Å². The molecule has 0 aromatic heterocycles. The molecule has 0 amide bonds. The highest BCUT2D eigenvalue weighted by Gasteiger charge is 2.37.